The Morgan fingerprint density at radius 3 is 1.01 bits per heavy atom. The molecule has 0 rings (SSSR count). The molecule has 0 heterocycles. The van der Waals surface area contributed by atoms with Crippen LogP contribution in [0, 0.1) is 0 Å². The summed E-state index contributed by atoms with van der Waals surface area (Å²) in [6.45, 7) is 4.86. The van der Waals surface area contributed by atoms with Crippen molar-refractivity contribution in [2.45, 2.75) is 347 Å². The molecule has 0 aromatic carbocycles. The fraction of sp³-hybridized carbons (Fsp3) is 0.875. The van der Waals surface area contributed by atoms with E-state index in [4.69, 9.17) is 4.74 Å². The van der Waals surface area contributed by atoms with Crippen molar-refractivity contribution in [2.24, 2.45) is 0 Å². The fourth-order valence-electron chi connectivity index (χ4n) is 9.57. The summed E-state index contributed by atoms with van der Waals surface area (Å²) in [4.78, 5) is 24.6. The average Bonchev–Trinajstić information content (AvgIpc) is 3.36. The largest absolute Gasteiger partial charge is 0.466 e. The van der Waals surface area contributed by atoms with Gasteiger partial charge in [0.2, 0.25) is 5.91 Å². The van der Waals surface area contributed by atoms with Crippen LogP contribution in [0.15, 0.2) is 36.5 Å². The van der Waals surface area contributed by atoms with Crippen molar-refractivity contribution in [2.75, 3.05) is 13.2 Å². The number of ether oxygens (including phenoxy) is 1. The number of nitrogens with one attached hydrogen (secondary N) is 1. The Balaban J connectivity index is 3.52. The lowest BCUT2D eigenvalue weighted by atomic mass is 10.0. The van der Waals surface area contributed by atoms with E-state index in [2.05, 4.69) is 43.5 Å². The first kappa shape index (κ1) is 68.1. The SMILES string of the molecule is CCCCCCCCC/C=C\CCCCCCCC(=O)OCCCCC/C=C\CCCCCCCC(=O)NC(CO)C(O)/C=C/CCCCCCCCCCCCCCCCCCCCCCCCC. The Kier molecular flexibility index (Phi) is 58.0. The number of aliphatic hydroxyl groups excluding tert-OH is 2. The third-order valence-electron chi connectivity index (χ3n) is 14.4. The van der Waals surface area contributed by atoms with Crippen LogP contribution in [-0.4, -0.2) is 47.4 Å². The zero-order valence-corrected chi connectivity index (χ0v) is 47.0. The lowest BCUT2D eigenvalue weighted by Crippen LogP contribution is -2.45. The normalized spacial score (nSPS) is 12.8. The summed E-state index contributed by atoms with van der Waals surface area (Å²) in [6.07, 6.45) is 74.7. The van der Waals surface area contributed by atoms with Crippen molar-refractivity contribution < 1.29 is 24.5 Å². The van der Waals surface area contributed by atoms with Crippen molar-refractivity contribution in [1.29, 1.82) is 0 Å². The molecule has 2 atom stereocenters. The van der Waals surface area contributed by atoms with Gasteiger partial charge in [0.1, 0.15) is 0 Å². The van der Waals surface area contributed by atoms with E-state index in [9.17, 15) is 19.8 Å². The van der Waals surface area contributed by atoms with Gasteiger partial charge in [-0.3, -0.25) is 9.59 Å². The third kappa shape index (κ3) is 55.4. The van der Waals surface area contributed by atoms with Gasteiger partial charge in [-0.15, -0.1) is 0 Å². The minimum absolute atomic E-state index is 0.0312. The van der Waals surface area contributed by atoms with E-state index in [1.807, 2.05) is 6.08 Å². The number of hydrogen-bond donors (Lipinski definition) is 3. The molecule has 0 saturated carbocycles. The first-order valence-corrected chi connectivity index (χ1v) is 31.3. The highest BCUT2D eigenvalue weighted by Gasteiger charge is 2.18. The number of amides is 1. The molecule has 0 saturated heterocycles. The summed E-state index contributed by atoms with van der Waals surface area (Å²) in [5.74, 6) is -0.123. The van der Waals surface area contributed by atoms with Gasteiger partial charge >= 0.3 is 5.97 Å². The van der Waals surface area contributed by atoms with Gasteiger partial charge in [0.15, 0.2) is 0 Å². The zero-order valence-electron chi connectivity index (χ0n) is 47.0. The second kappa shape index (κ2) is 59.6. The Hall–Kier alpha value is -1.92. The van der Waals surface area contributed by atoms with Crippen molar-refractivity contribution in [3.05, 3.63) is 36.5 Å². The van der Waals surface area contributed by atoms with E-state index < -0.39 is 12.1 Å². The van der Waals surface area contributed by atoms with Crippen LogP contribution < -0.4 is 5.32 Å². The number of carbonyl (C=O) groups excluding carboxylic acids is 2. The molecule has 70 heavy (non-hydrogen) atoms. The van der Waals surface area contributed by atoms with Crippen LogP contribution in [0.4, 0.5) is 0 Å². The van der Waals surface area contributed by atoms with E-state index >= 15 is 0 Å². The van der Waals surface area contributed by atoms with Crippen LogP contribution in [0.5, 0.6) is 0 Å². The van der Waals surface area contributed by atoms with Gasteiger partial charge in [0.25, 0.3) is 0 Å². The molecule has 6 nitrogen and oxygen atoms in total. The summed E-state index contributed by atoms with van der Waals surface area (Å²) >= 11 is 0. The smallest absolute Gasteiger partial charge is 0.305 e. The second-order valence-electron chi connectivity index (χ2n) is 21.4. The molecule has 412 valence electrons. The molecule has 1 amide bonds. The minimum Gasteiger partial charge on any atom is -0.466 e. The van der Waals surface area contributed by atoms with E-state index in [1.54, 1.807) is 6.08 Å². The Bertz CT molecular complexity index is 1130. The standard InChI is InChI=1S/C64H121NO5/c1-3-5-7-9-11-13-15-17-19-21-22-23-24-25-26-27-28-29-30-32-36-40-44-48-52-56-62(67)61(60-66)65-63(68)57-53-49-45-41-37-34-35-39-43-47-51-55-59-70-64(69)58-54-50-46-42-38-33-31-20-18-16-14-12-10-8-6-4-2/h20,31,35,39,52,56,61-62,66-67H,3-19,21-30,32-34,36-38,40-51,53-55,57-60H2,1-2H3,(H,65,68)/b31-20-,39-35-,56-52+. The van der Waals surface area contributed by atoms with Crippen LogP contribution >= 0.6 is 0 Å². The van der Waals surface area contributed by atoms with Crippen molar-refractivity contribution in [3.63, 3.8) is 0 Å². The summed E-state index contributed by atoms with van der Waals surface area (Å²) in [5.41, 5.74) is 0. The molecule has 0 aliphatic rings. The van der Waals surface area contributed by atoms with E-state index in [1.165, 1.54) is 225 Å². The van der Waals surface area contributed by atoms with Crippen molar-refractivity contribution in [3.8, 4) is 0 Å². The predicted octanol–water partition coefficient (Wildman–Crippen LogP) is 19.6. The molecular weight excluding hydrogens is 863 g/mol. The minimum atomic E-state index is -0.863. The van der Waals surface area contributed by atoms with Crippen LogP contribution in [0.3, 0.4) is 0 Å². The average molecular weight is 985 g/mol. The lowest BCUT2D eigenvalue weighted by Gasteiger charge is -2.20. The maximum atomic E-state index is 12.5. The van der Waals surface area contributed by atoms with Crippen LogP contribution in [-0.2, 0) is 14.3 Å². The highest BCUT2D eigenvalue weighted by atomic mass is 16.5. The van der Waals surface area contributed by atoms with Gasteiger partial charge in [-0.05, 0) is 89.9 Å². The molecule has 0 aromatic rings. The summed E-state index contributed by atoms with van der Waals surface area (Å²) in [7, 11) is 0. The number of allylic oxidation sites excluding steroid dienone is 5. The molecule has 0 aliphatic heterocycles. The van der Waals surface area contributed by atoms with Gasteiger partial charge in [-0.2, -0.15) is 0 Å². The molecule has 0 radical (unpaired) electrons. The van der Waals surface area contributed by atoms with Crippen LogP contribution in [0.1, 0.15) is 335 Å². The Morgan fingerprint density at radius 2 is 0.671 bits per heavy atom. The number of carbonyl (C=O) groups is 2. The van der Waals surface area contributed by atoms with E-state index in [0.29, 0.717) is 19.4 Å². The number of aliphatic hydroxyl groups is 2. The first-order chi connectivity index (χ1) is 34.5. The van der Waals surface area contributed by atoms with Gasteiger partial charge < -0.3 is 20.3 Å². The topological polar surface area (TPSA) is 95.9 Å². The number of rotatable bonds is 58. The maximum absolute atomic E-state index is 12.5. The number of esters is 1. The molecular formula is C64H121NO5. The fourth-order valence-corrected chi connectivity index (χ4v) is 9.57. The predicted molar refractivity (Wildman–Crippen MR) is 306 cm³/mol. The third-order valence-corrected chi connectivity index (χ3v) is 14.4. The van der Waals surface area contributed by atoms with E-state index in [0.717, 1.165) is 83.5 Å². The maximum Gasteiger partial charge on any atom is 0.305 e. The Labute approximate surface area is 436 Å². The molecule has 0 aromatic heterocycles. The van der Waals surface area contributed by atoms with Crippen molar-refractivity contribution >= 4 is 11.9 Å². The molecule has 2 unspecified atom stereocenters. The zero-order chi connectivity index (χ0) is 50.7. The number of unbranched alkanes of at least 4 members (excludes halogenated alkanes) is 43. The summed E-state index contributed by atoms with van der Waals surface area (Å²) < 4.78 is 5.46. The summed E-state index contributed by atoms with van der Waals surface area (Å²) in [6, 6.07) is -0.649. The monoisotopic (exact) mass is 984 g/mol. The van der Waals surface area contributed by atoms with Crippen molar-refractivity contribution in [1.82, 2.24) is 5.32 Å². The van der Waals surface area contributed by atoms with Crippen LogP contribution in [0.25, 0.3) is 0 Å². The molecule has 6 heteroatoms. The van der Waals surface area contributed by atoms with Gasteiger partial charge in [-0.25, -0.2) is 0 Å². The van der Waals surface area contributed by atoms with E-state index in [-0.39, 0.29) is 18.5 Å². The molecule has 0 spiro atoms. The quantitative estimate of drug-likeness (QED) is 0.0321. The first-order valence-electron chi connectivity index (χ1n) is 31.3. The lowest BCUT2D eigenvalue weighted by molar-refractivity contribution is -0.143. The van der Waals surface area contributed by atoms with Crippen LogP contribution in [0.2, 0.25) is 0 Å². The Morgan fingerprint density at radius 1 is 0.386 bits per heavy atom. The van der Waals surface area contributed by atoms with Gasteiger partial charge in [-0.1, -0.05) is 269 Å². The van der Waals surface area contributed by atoms with Gasteiger partial charge in [0, 0.05) is 12.8 Å². The molecule has 0 fully saturated rings. The molecule has 0 aliphatic carbocycles. The second-order valence-corrected chi connectivity index (χ2v) is 21.4. The highest BCUT2D eigenvalue weighted by molar-refractivity contribution is 5.76. The molecule has 3 N–H and O–H groups in total. The molecule has 0 bridgehead atoms. The highest BCUT2D eigenvalue weighted by Crippen LogP contribution is 2.17. The number of hydrogen-bond acceptors (Lipinski definition) is 5. The summed E-state index contributed by atoms with van der Waals surface area (Å²) in [5, 5.41) is 23.2. The van der Waals surface area contributed by atoms with Gasteiger partial charge in [0.05, 0.1) is 25.4 Å².